The molecular weight excluding hydrogens is 440 g/mol. The molecule has 174 valence electrons. The van der Waals surface area contributed by atoms with Gasteiger partial charge < -0.3 is 9.88 Å². The average molecular weight is 465 g/mol. The third-order valence-corrected chi connectivity index (χ3v) is 6.87. The highest BCUT2D eigenvalue weighted by molar-refractivity contribution is 5.72. The third-order valence-electron chi connectivity index (χ3n) is 6.87. The number of pyridine rings is 1. The normalized spacial score (nSPS) is 19.8. The van der Waals surface area contributed by atoms with Gasteiger partial charge in [0.1, 0.15) is 17.7 Å². The summed E-state index contributed by atoms with van der Waals surface area (Å²) in [5.74, 6) is 1.24. The van der Waals surface area contributed by atoms with E-state index in [1.54, 1.807) is 24.7 Å². The van der Waals surface area contributed by atoms with Crippen LogP contribution in [0.5, 0.6) is 0 Å². The lowest BCUT2D eigenvalue weighted by Gasteiger charge is -2.30. The molecule has 2 fully saturated rings. The summed E-state index contributed by atoms with van der Waals surface area (Å²) in [6.45, 7) is 0.914. The molecule has 0 spiro atoms. The predicted molar refractivity (Wildman–Crippen MR) is 128 cm³/mol. The maximum atomic E-state index is 9.60. The summed E-state index contributed by atoms with van der Waals surface area (Å²) in [5, 5.41) is 26.7. The van der Waals surface area contributed by atoms with Crippen LogP contribution in [0.3, 0.4) is 0 Å². The number of hydrogen-bond donors (Lipinski definition) is 1. The fourth-order valence-corrected chi connectivity index (χ4v) is 4.88. The second-order valence-electron chi connectivity index (χ2n) is 9.45. The molecule has 4 heterocycles. The van der Waals surface area contributed by atoms with Gasteiger partial charge in [0.05, 0.1) is 35.5 Å². The van der Waals surface area contributed by atoms with E-state index in [1.807, 2.05) is 17.2 Å². The molecule has 10 heteroatoms. The zero-order valence-corrected chi connectivity index (χ0v) is 19.2. The molecule has 10 nitrogen and oxygen atoms in total. The molecule has 0 saturated heterocycles. The van der Waals surface area contributed by atoms with Crippen LogP contribution < -0.4 is 5.32 Å². The lowest BCUT2D eigenvalue weighted by Crippen LogP contribution is -2.29. The Balaban J connectivity index is 1.20. The number of imidazole rings is 1. The Bertz CT molecular complexity index is 1470. The summed E-state index contributed by atoms with van der Waals surface area (Å²) in [4.78, 5) is 18.1. The molecule has 35 heavy (non-hydrogen) atoms. The van der Waals surface area contributed by atoms with E-state index in [1.165, 1.54) is 12.8 Å². The van der Waals surface area contributed by atoms with E-state index in [0.717, 1.165) is 54.9 Å². The minimum absolute atomic E-state index is 0.183. The van der Waals surface area contributed by atoms with Gasteiger partial charge in [-0.1, -0.05) is 0 Å². The molecule has 4 aromatic rings. The van der Waals surface area contributed by atoms with Crippen LogP contribution in [0, 0.1) is 28.6 Å². The van der Waals surface area contributed by atoms with Crippen molar-refractivity contribution in [1.29, 1.82) is 10.5 Å². The van der Waals surface area contributed by atoms with E-state index in [0.29, 0.717) is 22.8 Å². The molecule has 4 aromatic heterocycles. The van der Waals surface area contributed by atoms with Crippen molar-refractivity contribution in [2.45, 2.75) is 57.2 Å². The first-order chi connectivity index (χ1) is 17.2. The maximum absolute atomic E-state index is 9.60. The molecule has 0 aliphatic heterocycles. The largest absolute Gasteiger partial charge is 0.351 e. The van der Waals surface area contributed by atoms with Gasteiger partial charge in [-0.15, -0.1) is 0 Å². The number of nitrogens with zero attached hydrogens (tertiary/aromatic N) is 9. The van der Waals surface area contributed by atoms with Crippen molar-refractivity contribution in [3.05, 3.63) is 48.3 Å². The summed E-state index contributed by atoms with van der Waals surface area (Å²) in [5.41, 5.74) is 3.93. The van der Waals surface area contributed by atoms with E-state index in [-0.39, 0.29) is 12.1 Å². The number of aromatic nitrogens is 7. The Morgan fingerprint density at radius 3 is 2.77 bits per heavy atom. The van der Waals surface area contributed by atoms with Gasteiger partial charge in [0.2, 0.25) is 5.95 Å². The zero-order chi connectivity index (χ0) is 23.8. The van der Waals surface area contributed by atoms with E-state index in [9.17, 15) is 5.26 Å². The van der Waals surface area contributed by atoms with Gasteiger partial charge >= 0.3 is 0 Å². The summed E-state index contributed by atoms with van der Waals surface area (Å²) < 4.78 is 4.06. The van der Waals surface area contributed by atoms with E-state index >= 15 is 0 Å². The molecule has 1 N–H and O–H groups in total. The molecule has 0 unspecified atom stereocenters. The first-order valence-corrected chi connectivity index (χ1v) is 12.0. The maximum Gasteiger partial charge on any atom is 0.223 e. The fourth-order valence-electron chi connectivity index (χ4n) is 4.88. The minimum atomic E-state index is 0.183. The van der Waals surface area contributed by atoms with Crippen molar-refractivity contribution in [1.82, 2.24) is 34.3 Å². The number of rotatable bonds is 6. The molecule has 2 atom stereocenters. The zero-order valence-electron chi connectivity index (χ0n) is 19.2. The van der Waals surface area contributed by atoms with Crippen molar-refractivity contribution in [3.8, 4) is 23.4 Å². The average Bonchev–Trinajstić information content (AvgIpc) is 3.41. The van der Waals surface area contributed by atoms with Crippen LogP contribution in [-0.2, 0) is 6.54 Å². The summed E-state index contributed by atoms with van der Waals surface area (Å²) in [7, 11) is 0. The number of nitriles is 2. The molecule has 0 radical (unpaired) electrons. The quantitative estimate of drug-likeness (QED) is 0.455. The minimum Gasteiger partial charge on any atom is -0.351 e. The second kappa shape index (κ2) is 8.80. The lowest BCUT2D eigenvalue weighted by atomic mass is 9.91. The molecule has 0 bridgehead atoms. The predicted octanol–water partition coefficient (Wildman–Crippen LogP) is 3.83. The van der Waals surface area contributed by atoms with Gasteiger partial charge in [0.25, 0.3) is 0 Å². The standard InChI is InChI=1S/C25H24N10/c26-8-17-6-22-24(28-10-17)35(15-30-22)21-3-1-2-20(7-21)32-25-29-11-18(9-27)23(33-25)19-12-31-34(14-19)13-16-4-5-16/h6,10-12,14-16,20-21H,1-5,7,13H2,(H,29,32,33)/t20-,21+/m1/s1. The van der Waals surface area contributed by atoms with E-state index in [4.69, 9.17) is 10.2 Å². The van der Waals surface area contributed by atoms with Crippen LogP contribution in [0.25, 0.3) is 22.4 Å². The number of anilines is 1. The van der Waals surface area contributed by atoms with Gasteiger partial charge in [0, 0.05) is 36.6 Å². The Morgan fingerprint density at radius 2 is 1.94 bits per heavy atom. The number of nitrogens with one attached hydrogen (secondary N) is 1. The van der Waals surface area contributed by atoms with Crippen LogP contribution in [0.15, 0.2) is 37.2 Å². The van der Waals surface area contributed by atoms with Gasteiger partial charge in [-0.3, -0.25) is 4.68 Å². The molecule has 2 aliphatic carbocycles. The van der Waals surface area contributed by atoms with Crippen LogP contribution in [0.1, 0.15) is 55.7 Å². The summed E-state index contributed by atoms with van der Waals surface area (Å²) in [6, 6.07) is 6.53. The number of fused-ring (bicyclic) bond motifs is 1. The highest BCUT2D eigenvalue weighted by atomic mass is 15.3. The number of hydrogen-bond acceptors (Lipinski definition) is 8. The first-order valence-electron chi connectivity index (χ1n) is 12.0. The van der Waals surface area contributed by atoms with Gasteiger partial charge in [-0.2, -0.15) is 15.6 Å². The van der Waals surface area contributed by atoms with Crippen molar-refractivity contribution in [2.24, 2.45) is 5.92 Å². The Kier molecular flexibility index (Phi) is 5.34. The van der Waals surface area contributed by atoms with Crippen molar-refractivity contribution in [3.63, 3.8) is 0 Å². The topological polar surface area (TPSA) is 134 Å². The molecular formula is C25H24N10. The monoisotopic (exact) mass is 464 g/mol. The van der Waals surface area contributed by atoms with Gasteiger partial charge in [-0.25, -0.2) is 19.9 Å². The summed E-state index contributed by atoms with van der Waals surface area (Å²) >= 11 is 0. The van der Waals surface area contributed by atoms with Crippen molar-refractivity contribution in [2.75, 3.05) is 5.32 Å². The molecule has 2 aliphatic rings. The summed E-state index contributed by atoms with van der Waals surface area (Å²) in [6.07, 6.45) is 15.2. The molecule has 0 amide bonds. The molecule has 0 aromatic carbocycles. The SMILES string of the molecule is N#Cc1cnc2c(c1)ncn2[C@H]1CCC[C@@H](Nc2ncc(C#N)c(-c3cnn(CC4CC4)c3)n2)C1. The van der Waals surface area contributed by atoms with Crippen LogP contribution in [0.2, 0.25) is 0 Å². The molecule has 2 saturated carbocycles. The van der Waals surface area contributed by atoms with Gasteiger partial charge in [0.15, 0.2) is 5.65 Å². The van der Waals surface area contributed by atoms with Crippen molar-refractivity contribution >= 4 is 17.1 Å². The second-order valence-corrected chi connectivity index (χ2v) is 9.45. The Morgan fingerprint density at radius 1 is 1.03 bits per heavy atom. The fraction of sp³-hybridized carbons (Fsp3) is 0.400. The van der Waals surface area contributed by atoms with Crippen LogP contribution in [-0.4, -0.2) is 40.3 Å². The van der Waals surface area contributed by atoms with Crippen LogP contribution in [0.4, 0.5) is 5.95 Å². The highest BCUT2D eigenvalue weighted by Gasteiger charge is 2.26. The smallest absolute Gasteiger partial charge is 0.223 e. The van der Waals surface area contributed by atoms with Gasteiger partial charge in [-0.05, 0) is 50.5 Å². The van der Waals surface area contributed by atoms with E-state index in [2.05, 4.69) is 42.1 Å². The highest BCUT2D eigenvalue weighted by Crippen LogP contribution is 2.33. The molecule has 6 rings (SSSR count). The third kappa shape index (κ3) is 4.31. The van der Waals surface area contributed by atoms with E-state index < -0.39 is 0 Å². The van der Waals surface area contributed by atoms with Crippen molar-refractivity contribution < 1.29 is 0 Å². The Labute approximate surface area is 202 Å². The first kappa shape index (κ1) is 21.2. The Hall–Kier alpha value is -4.31. The lowest BCUT2D eigenvalue weighted by molar-refractivity contribution is 0.335. The van der Waals surface area contributed by atoms with Crippen LogP contribution >= 0.6 is 0 Å².